The maximum absolute atomic E-state index is 11.7. The van der Waals surface area contributed by atoms with Crippen LogP contribution in [0.15, 0.2) is 12.1 Å². The standard InChI is InChI=1S/C11H16BrN3O3/c1-2-8(5-6-12)7-13-11(16)9-3-4-10(14-9)15(17)18/h3-4,8,14H,2,5-7H2,1H3,(H,13,16). The average molecular weight is 318 g/mol. The van der Waals surface area contributed by atoms with E-state index >= 15 is 0 Å². The van der Waals surface area contributed by atoms with Gasteiger partial charge in [-0.25, -0.2) is 4.98 Å². The topological polar surface area (TPSA) is 88.0 Å². The molecular formula is C11H16BrN3O3. The molecule has 1 amide bonds. The smallest absolute Gasteiger partial charge is 0.321 e. The minimum absolute atomic E-state index is 0.173. The summed E-state index contributed by atoms with van der Waals surface area (Å²) < 4.78 is 0. The number of aromatic nitrogens is 1. The zero-order valence-electron chi connectivity index (χ0n) is 10.1. The lowest BCUT2D eigenvalue weighted by atomic mass is 10.0. The molecule has 1 aromatic rings. The molecule has 1 heterocycles. The lowest BCUT2D eigenvalue weighted by Crippen LogP contribution is -2.29. The number of nitrogens with one attached hydrogen (secondary N) is 2. The number of nitro groups is 1. The second-order valence-electron chi connectivity index (χ2n) is 3.98. The van der Waals surface area contributed by atoms with Crippen LogP contribution in [0.5, 0.6) is 0 Å². The van der Waals surface area contributed by atoms with E-state index in [1.165, 1.54) is 12.1 Å². The highest BCUT2D eigenvalue weighted by atomic mass is 79.9. The lowest BCUT2D eigenvalue weighted by molar-refractivity contribution is -0.389. The Morgan fingerprint density at radius 1 is 1.61 bits per heavy atom. The number of hydrogen-bond acceptors (Lipinski definition) is 3. The lowest BCUT2D eigenvalue weighted by Gasteiger charge is -2.13. The predicted octanol–water partition coefficient (Wildman–Crippen LogP) is 2.46. The first-order valence-corrected chi connectivity index (χ1v) is 6.88. The Morgan fingerprint density at radius 2 is 2.33 bits per heavy atom. The fourth-order valence-corrected chi connectivity index (χ4v) is 2.21. The molecule has 100 valence electrons. The first-order chi connectivity index (χ1) is 8.58. The summed E-state index contributed by atoms with van der Waals surface area (Å²) in [6.45, 7) is 2.65. The predicted molar refractivity (Wildman–Crippen MR) is 72.0 cm³/mol. The maximum atomic E-state index is 11.7. The van der Waals surface area contributed by atoms with Crippen LogP contribution in [-0.4, -0.2) is 27.7 Å². The number of carbonyl (C=O) groups is 1. The van der Waals surface area contributed by atoms with Crippen molar-refractivity contribution in [2.24, 2.45) is 5.92 Å². The summed E-state index contributed by atoms with van der Waals surface area (Å²) in [4.78, 5) is 24.1. The molecule has 0 saturated carbocycles. The maximum Gasteiger partial charge on any atom is 0.321 e. The Bertz CT molecular complexity index is 419. The van der Waals surface area contributed by atoms with E-state index in [4.69, 9.17) is 0 Å². The van der Waals surface area contributed by atoms with Gasteiger partial charge in [-0.15, -0.1) is 0 Å². The number of hydrogen-bond donors (Lipinski definition) is 2. The number of aromatic amines is 1. The SMILES string of the molecule is CCC(CCBr)CNC(=O)c1ccc([N+](=O)[O-])[nH]1. The van der Waals surface area contributed by atoms with Crippen molar-refractivity contribution in [1.82, 2.24) is 10.3 Å². The molecule has 18 heavy (non-hydrogen) atoms. The van der Waals surface area contributed by atoms with Gasteiger partial charge in [-0.05, 0) is 23.3 Å². The van der Waals surface area contributed by atoms with Crippen molar-refractivity contribution in [3.05, 3.63) is 27.9 Å². The summed E-state index contributed by atoms with van der Waals surface area (Å²) in [5.74, 6) is -0.0676. The van der Waals surface area contributed by atoms with Gasteiger partial charge in [-0.2, -0.15) is 0 Å². The highest BCUT2D eigenvalue weighted by Gasteiger charge is 2.16. The number of rotatable bonds is 7. The minimum atomic E-state index is -0.559. The molecule has 0 saturated heterocycles. The van der Waals surface area contributed by atoms with Crippen LogP contribution in [0.3, 0.4) is 0 Å². The van der Waals surface area contributed by atoms with Gasteiger partial charge in [0.15, 0.2) is 5.69 Å². The van der Waals surface area contributed by atoms with Crippen molar-refractivity contribution in [2.75, 3.05) is 11.9 Å². The molecule has 0 spiro atoms. The molecule has 1 rings (SSSR count). The molecule has 0 aromatic carbocycles. The summed E-state index contributed by atoms with van der Waals surface area (Å²) >= 11 is 3.37. The van der Waals surface area contributed by atoms with Crippen molar-refractivity contribution in [3.8, 4) is 0 Å². The van der Waals surface area contributed by atoms with Crippen LogP contribution >= 0.6 is 15.9 Å². The molecule has 2 N–H and O–H groups in total. The fraction of sp³-hybridized carbons (Fsp3) is 0.545. The Balaban J connectivity index is 2.51. The molecule has 1 aromatic heterocycles. The molecule has 7 heteroatoms. The number of halogens is 1. The van der Waals surface area contributed by atoms with Gasteiger partial charge in [0.1, 0.15) is 0 Å². The zero-order chi connectivity index (χ0) is 13.5. The van der Waals surface area contributed by atoms with Gasteiger partial charge in [0.25, 0.3) is 5.91 Å². The van der Waals surface area contributed by atoms with Crippen LogP contribution in [0, 0.1) is 16.0 Å². The Hall–Kier alpha value is -1.37. The first kappa shape index (κ1) is 14.7. The molecule has 0 radical (unpaired) electrons. The van der Waals surface area contributed by atoms with Crippen molar-refractivity contribution < 1.29 is 9.72 Å². The van der Waals surface area contributed by atoms with Crippen LogP contribution in [0.2, 0.25) is 0 Å². The van der Waals surface area contributed by atoms with Crippen LogP contribution in [-0.2, 0) is 0 Å². The number of nitrogens with zero attached hydrogens (tertiary/aromatic N) is 1. The summed E-state index contributed by atoms with van der Waals surface area (Å²) in [6.07, 6.45) is 1.97. The van der Waals surface area contributed by atoms with E-state index in [0.29, 0.717) is 12.5 Å². The summed E-state index contributed by atoms with van der Waals surface area (Å²) in [7, 11) is 0. The van der Waals surface area contributed by atoms with Crippen molar-refractivity contribution in [3.63, 3.8) is 0 Å². The van der Waals surface area contributed by atoms with E-state index in [9.17, 15) is 14.9 Å². The quantitative estimate of drug-likeness (QED) is 0.460. The minimum Gasteiger partial charge on any atom is -0.358 e. The van der Waals surface area contributed by atoms with E-state index in [2.05, 4.69) is 33.2 Å². The first-order valence-electron chi connectivity index (χ1n) is 5.76. The molecular weight excluding hydrogens is 302 g/mol. The number of carbonyl (C=O) groups excluding carboxylic acids is 1. The molecule has 0 aliphatic heterocycles. The number of H-pyrrole nitrogens is 1. The fourth-order valence-electron chi connectivity index (χ4n) is 1.56. The van der Waals surface area contributed by atoms with Gasteiger partial charge in [0.2, 0.25) is 0 Å². The molecule has 0 bridgehead atoms. The van der Waals surface area contributed by atoms with Gasteiger partial charge in [-0.1, -0.05) is 29.3 Å². The largest absolute Gasteiger partial charge is 0.358 e. The Labute approximate surface area is 113 Å². The van der Waals surface area contributed by atoms with Gasteiger partial charge < -0.3 is 15.4 Å². The van der Waals surface area contributed by atoms with Crippen LogP contribution < -0.4 is 5.32 Å². The van der Waals surface area contributed by atoms with Crippen molar-refractivity contribution in [1.29, 1.82) is 0 Å². The highest BCUT2D eigenvalue weighted by Crippen LogP contribution is 2.11. The van der Waals surface area contributed by atoms with E-state index in [0.717, 1.165) is 18.2 Å². The van der Waals surface area contributed by atoms with E-state index in [1.54, 1.807) is 0 Å². The summed E-state index contributed by atoms with van der Waals surface area (Å²) in [5.41, 5.74) is 0.218. The zero-order valence-corrected chi connectivity index (χ0v) is 11.7. The third-order valence-corrected chi connectivity index (χ3v) is 3.22. The second-order valence-corrected chi connectivity index (χ2v) is 4.77. The highest BCUT2D eigenvalue weighted by molar-refractivity contribution is 9.09. The van der Waals surface area contributed by atoms with Gasteiger partial charge in [-0.3, -0.25) is 4.79 Å². The summed E-state index contributed by atoms with van der Waals surface area (Å²) in [5, 5.41) is 14.1. The van der Waals surface area contributed by atoms with Crippen molar-refractivity contribution in [2.45, 2.75) is 19.8 Å². The number of alkyl halides is 1. The Kier molecular flexibility index (Phi) is 5.84. The molecule has 0 aliphatic carbocycles. The molecule has 0 fully saturated rings. The van der Waals surface area contributed by atoms with Gasteiger partial charge >= 0.3 is 5.82 Å². The molecule has 1 atom stereocenters. The van der Waals surface area contributed by atoms with Crippen LogP contribution in [0.4, 0.5) is 5.82 Å². The third kappa shape index (κ3) is 4.14. The average Bonchev–Trinajstić information content (AvgIpc) is 2.83. The molecule has 0 aliphatic rings. The van der Waals surface area contributed by atoms with Gasteiger partial charge in [0, 0.05) is 17.9 Å². The monoisotopic (exact) mass is 317 g/mol. The Morgan fingerprint density at radius 3 is 2.83 bits per heavy atom. The third-order valence-electron chi connectivity index (χ3n) is 2.76. The van der Waals surface area contributed by atoms with E-state index < -0.39 is 4.92 Å². The number of amides is 1. The van der Waals surface area contributed by atoms with Crippen molar-refractivity contribution >= 4 is 27.7 Å². The molecule has 6 nitrogen and oxygen atoms in total. The second kappa shape index (κ2) is 7.15. The van der Waals surface area contributed by atoms with Crippen LogP contribution in [0.1, 0.15) is 30.3 Å². The van der Waals surface area contributed by atoms with E-state index in [-0.39, 0.29) is 17.4 Å². The van der Waals surface area contributed by atoms with Gasteiger partial charge in [0.05, 0.1) is 0 Å². The normalized spacial score (nSPS) is 12.1. The van der Waals surface area contributed by atoms with Crippen LogP contribution in [0.25, 0.3) is 0 Å². The summed E-state index contributed by atoms with van der Waals surface area (Å²) in [6, 6.07) is 2.70. The molecule has 1 unspecified atom stereocenters. The van der Waals surface area contributed by atoms with E-state index in [1.807, 2.05) is 0 Å².